The van der Waals surface area contributed by atoms with Gasteiger partial charge in [0.15, 0.2) is 0 Å². The Labute approximate surface area is 112 Å². The molecule has 0 radical (unpaired) electrons. The molecule has 0 saturated heterocycles. The number of carbonyl (C=O) groups is 1. The molecule has 1 unspecified atom stereocenters. The van der Waals surface area contributed by atoms with Crippen LogP contribution in [-0.4, -0.2) is 5.91 Å². The van der Waals surface area contributed by atoms with E-state index in [9.17, 15) is 14.4 Å². The summed E-state index contributed by atoms with van der Waals surface area (Å²) in [5.41, 5.74) is -0.180. The van der Waals surface area contributed by atoms with Crippen molar-refractivity contribution in [1.29, 1.82) is 5.26 Å². The molecular weight excluding hydrogens is 243 g/mol. The number of nitrogens with zero attached hydrogens (tertiary/aromatic N) is 1. The van der Waals surface area contributed by atoms with Crippen LogP contribution in [0.3, 0.4) is 0 Å². The van der Waals surface area contributed by atoms with Gasteiger partial charge in [0.1, 0.15) is 11.2 Å². The summed E-state index contributed by atoms with van der Waals surface area (Å²) in [7, 11) is 0. The normalized spacial score (nSPS) is 18.6. The molecule has 3 nitrogen and oxygen atoms in total. The highest BCUT2D eigenvalue weighted by Gasteiger charge is 2.41. The van der Waals surface area contributed by atoms with Crippen LogP contribution in [-0.2, 0) is 4.79 Å². The molecule has 0 spiro atoms. The number of hydrogen-bond donors (Lipinski definition) is 1. The molecule has 1 saturated carbocycles. The number of benzene rings is 1. The molecule has 100 valence electrons. The molecule has 19 heavy (non-hydrogen) atoms. The van der Waals surface area contributed by atoms with Crippen molar-refractivity contribution < 1.29 is 9.18 Å². The molecule has 0 aliphatic heterocycles. The summed E-state index contributed by atoms with van der Waals surface area (Å²) >= 11 is 0. The second-order valence-electron chi connectivity index (χ2n) is 5.15. The predicted octanol–water partition coefficient (Wildman–Crippen LogP) is 3.09. The SMILES string of the molecule is CC(NC(=O)C1(C#N)CCCC1)c1cccc(F)c1. The third-order valence-corrected chi connectivity index (χ3v) is 3.80. The average molecular weight is 260 g/mol. The Hall–Kier alpha value is -1.89. The molecule has 1 aliphatic carbocycles. The topological polar surface area (TPSA) is 52.9 Å². The fourth-order valence-corrected chi connectivity index (χ4v) is 2.56. The Morgan fingerprint density at radius 3 is 2.74 bits per heavy atom. The Morgan fingerprint density at radius 1 is 1.47 bits per heavy atom. The molecule has 0 aromatic heterocycles. The van der Waals surface area contributed by atoms with E-state index >= 15 is 0 Å². The van der Waals surface area contributed by atoms with Gasteiger partial charge >= 0.3 is 0 Å². The molecule has 1 aromatic rings. The summed E-state index contributed by atoms with van der Waals surface area (Å²) in [6, 6.07) is 8.01. The fourth-order valence-electron chi connectivity index (χ4n) is 2.56. The van der Waals surface area contributed by atoms with Gasteiger partial charge in [-0.15, -0.1) is 0 Å². The second kappa shape index (κ2) is 5.40. The average Bonchev–Trinajstić information content (AvgIpc) is 2.88. The van der Waals surface area contributed by atoms with Crippen LogP contribution >= 0.6 is 0 Å². The molecule has 1 aliphatic rings. The van der Waals surface area contributed by atoms with Crippen LogP contribution in [0.4, 0.5) is 4.39 Å². The maximum absolute atomic E-state index is 13.1. The lowest BCUT2D eigenvalue weighted by Gasteiger charge is -2.23. The van der Waals surface area contributed by atoms with Gasteiger partial charge in [-0.1, -0.05) is 25.0 Å². The van der Waals surface area contributed by atoms with E-state index < -0.39 is 5.41 Å². The van der Waals surface area contributed by atoms with Gasteiger partial charge in [0, 0.05) is 0 Å². The second-order valence-corrected chi connectivity index (χ2v) is 5.15. The first-order valence-corrected chi connectivity index (χ1v) is 6.55. The van der Waals surface area contributed by atoms with E-state index in [0.29, 0.717) is 18.4 Å². The number of hydrogen-bond acceptors (Lipinski definition) is 2. The summed E-state index contributed by atoms with van der Waals surface area (Å²) < 4.78 is 13.1. The van der Waals surface area contributed by atoms with Gasteiger partial charge in [-0.2, -0.15) is 5.26 Å². The molecule has 1 N–H and O–H groups in total. The number of carbonyl (C=O) groups excluding carboxylic acids is 1. The number of nitriles is 1. The first-order chi connectivity index (χ1) is 9.07. The predicted molar refractivity (Wildman–Crippen MR) is 69.5 cm³/mol. The third kappa shape index (κ3) is 2.76. The van der Waals surface area contributed by atoms with Crippen molar-refractivity contribution in [3.63, 3.8) is 0 Å². The molecular formula is C15H17FN2O. The van der Waals surface area contributed by atoms with Gasteiger partial charge in [-0.05, 0) is 37.5 Å². The fraction of sp³-hybridized carbons (Fsp3) is 0.467. The van der Waals surface area contributed by atoms with Crippen LogP contribution in [0.15, 0.2) is 24.3 Å². The van der Waals surface area contributed by atoms with E-state index in [1.54, 1.807) is 19.1 Å². The molecule has 4 heteroatoms. The monoisotopic (exact) mass is 260 g/mol. The zero-order chi connectivity index (χ0) is 13.9. The lowest BCUT2D eigenvalue weighted by molar-refractivity contribution is -0.128. The van der Waals surface area contributed by atoms with Gasteiger partial charge in [0.25, 0.3) is 0 Å². The van der Waals surface area contributed by atoms with E-state index in [0.717, 1.165) is 12.8 Å². The molecule has 2 rings (SSSR count). The highest BCUT2D eigenvalue weighted by atomic mass is 19.1. The van der Waals surface area contributed by atoms with Crippen LogP contribution in [0.5, 0.6) is 0 Å². The van der Waals surface area contributed by atoms with E-state index in [1.165, 1.54) is 12.1 Å². The molecule has 0 bridgehead atoms. The van der Waals surface area contributed by atoms with Crippen LogP contribution in [0.2, 0.25) is 0 Å². The molecule has 1 aromatic carbocycles. The summed E-state index contributed by atoms with van der Waals surface area (Å²) in [6.07, 6.45) is 3.06. The Morgan fingerprint density at radius 2 is 2.16 bits per heavy atom. The number of rotatable bonds is 3. The van der Waals surface area contributed by atoms with E-state index in [-0.39, 0.29) is 17.8 Å². The summed E-state index contributed by atoms with van der Waals surface area (Å²) in [4.78, 5) is 12.2. The molecule has 0 heterocycles. The van der Waals surface area contributed by atoms with Crippen molar-refractivity contribution in [3.05, 3.63) is 35.6 Å². The van der Waals surface area contributed by atoms with Gasteiger partial charge in [0.05, 0.1) is 12.1 Å². The minimum Gasteiger partial charge on any atom is -0.348 e. The summed E-state index contributed by atoms with van der Waals surface area (Å²) in [5, 5.41) is 12.1. The van der Waals surface area contributed by atoms with Gasteiger partial charge < -0.3 is 5.32 Å². The smallest absolute Gasteiger partial charge is 0.240 e. The van der Waals surface area contributed by atoms with Crippen LogP contribution < -0.4 is 5.32 Å². The molecule has 1 amide bonds. The number of halogens is 1. The van der Waals surface area contributed by atoms with Crippen molar-refractivity contribution in [3.8, 4) is 6.07 Å². The van der Waals surface area contributed by atoms with Crippen LogP contribution in [0.25, 0.3) is 0 Å². The van der Waals surface area contributed by atoms with E-state index in [4.69, 9.17) is 0 Å². The molecule has 1 fully saturated rings. The van der Waals surface area contributed by atoms with Gasteiger partial charge in [0.2, 0.25) is 5.91 Å². The lowest BCUT2D eigenvalue weighted by Crippen LogP contribution is -2.39. The Balaban J connectivity index is 2.09. The Bertz CT molecular complexity index is 515. The van der Waals surface area contributed by atoms with Crippen molar-refractivity contribution in [2.24, 2.45) is 5.41 Å². The minimum absolute atomic E-state index is 0.232. The van der Waals surface area contributed by atoms with Crippen LogP contribution in [0, 0.1) is 22.6 Å². The number of amides is 1. The van der Waals surface area contributed by atoms with Crippen LogP contribution in [0.1, 0.15) is 44.2 Å². The number of nitrogens with one attached hydrogen (secondary N) is 1. The standard InChI is InChI=1S/C15H17FN2O/c1-11(12-5-4-6-13(16)9-12)18-14(19)15(10-17)7-2-3-8-15/h4-6,9,11H,2-3,7-8H2,1H3,(H,18,19). The quantitative estimate of drug-likeness (QED) is 0.908. The molecule has 1 atom stereocenters. The Kier molecular flexibility index (Phi) is 3.84. The lowest BCUT2D eigenvalue weighted by atomic mass is 9.86. The highest BCUT2D eigenvalue weighted by molar-refractivity contribution is 5.86. The largest absolute Gasteiger partial charge is 0.348 e. The minimum atomic E-state index is -0.887. The summed E-state index contributed by atoms with van der Waals surface area (Å²) in [6.45, 7) is 1.80. The highest BCUT2D eigenvalue weighted by Crippen LogP contribution is 2.38. The van der Waals surface area contributed by atoms with Gasteiger partial charge in [-0.3, -0.25) is 4.79 Å². The maximum atomic E-state index is 13.1. The zero-order valence-corrected chi connectivity index (χ0v) is 10.9. The first-order valence-electron chi connectivity index (χ1n) is 6.55. The van der Waals surface area contributed by atoms with Crippen molar-refractivity contribution in [2.45, 2.75) is 38.6 Å². The third-order valence-electron chi connectivity index (χ3n) is 3.80. The zero-order valence-electron chi connectivity index (χ0n) is 10.9. The maximum Gasteiger partial charge on any atom is 0.240 e. The van der Waals surface area contributed by atoms with E-state index in [2.05, 4.69) is 11.4 Å². The van der Waals surface area contributed by atoms with Crippen molar-refractivity contribution >= 4 is 5.91 Å². The van der Waals surface area contributed by atoms with Crippen molar-refractivity contribution in [1.82, 2.24) is 5.32 Å². The summed E-state index contributed by atoms with van der Waals surface area (Å²) in [5.74, 6) is -0.557. The first kappa shape index (κ1) is 13.5. The van der Waals surface area contributed by atoms with E-state index in [1.807, 2.05) is 0 Å². The van der Waals surface area contributed by atoms with Gasteiger partial charge in [-0.25, -0.2) is 4.39 Å². The van der Waals surface area contributed by atoms with Crippen molar-refractivity contribution in [2.75, 3.05) is 0 Å².